The minimum atomic E-state index is -2.23. The number of hydrogen-bond donors (Lipinski definition) is 3. The Labute approximate surface area is 212 Å². The lowest BCUT2D eigenvalue weighted by atomic mass is 10.1. The number of nitrogens with one attached hydrogen (secondary N) is 3. The van der Waals surface area contributed by atoms with E-state index in [0.717, 1.165) is 0 Å². The van der Waals surface area contributed by atoms with Gasteiger partial charge in [0.2, 0.25) is 5.69 Å². The van der Waals surface area contributed by atoms with Gasteiger partial charge < -0.3 is 9.74 Å². The van der Waals surface area contributed by atoms with Gasteiger partial charge in [-0.25, -0.2) is 4.85 Å². The Morgan fingerprint density at radius 3 is 2.29 bits per heavy atom. The molecule has 0 unspecified atom stereocenters. The zero-order chi connectivity index (χ0) is 26.4. The summed E-state index contributed by atoms with van der Waals surface area (Å²) >= 11 is 6.17. The summed E-state index contributed by atoms with van der Waals surface area (Å²) < 4.78 is 6.44. The highest BCUT2D eigenvalue weighted by molar-refractivity contribution is 6.74. The van der Waals surface area contributed by atoms with Gasteiger partial charge in [-0.2, -0.15) is 5.26 Å². The molecule has 2 atom stereocenters. The summed E-state index contributed by atoms with van der Waals surface area (Å²) in [6, 6.07) is 12.0. The van der Waals surface area contributed by atoms with Crippen LogP contribution in [-0.4, -0.2) is 32.3 Å². The third-order valence-electron chi connectivity index (χ3n) is 6.00. The molecule has 0 fully saturated rings. The van der Waals surface area contributed by atoms with Crippen molar-refractivity contribution in [2.24, 2.45) is 0 Å². The number of rotatable bonds is 7. The van der Waals surface area contributed by atoms with Crippen LogP contribution >= 0.6 is 11.6 Å². The number of hydrazine groups is 1. The predicted molar refractivity (Wildman–Crippen MR) is 140 cm³/mol. The van der Waals surface area contributed by atoms with E-state index < -0.39 is 32.3 Å². The molecule has 0 aliphatic rings. The summed E-state index contributed by atoms with van der Waals surface area (Å²) in [5.41, 5.74) is 6.42. The number of nitriles is 1. The van der Waals surface area contributed by atoms with Crippen molar-refractivity contribution in [1.29, 1.82) is 5.26 Å². The maximum atomic E-state index is 13.2. The topological polar surface area (TPSA) is 108 Å². The van der Waals surface area contributed by atoms with Crippen LogP contribution < -0.4 is 16.2 Å². The number of halogens is 1. The minimum Gasteiger partial charge on any atom is -0.412 e. The average Bonchev–Trinajstić information content (AvgIpc) is 2.79. The van der Waals surface area contributed by atoms with Gasteiger partial charge in [0.25, 0.3) is 11.8 Å². The van der Waals surface area contributed by atoms with Gasteiger partial charge in [0.15, 0.2) is 8.32 Å². The van der Waals surface area contributed by atoms with E-state index in [2.05, 4.69) is 54.9 Å². The number of nitrogens with zero attached hydrogens (tertiary/aromatic N) is 2. The molecule has 2 aromatic carbocycles. The fourth-order valence-electron chi connectivity index (χ4n) is 2.94. The summed E-state index contributed by atoms with van der Waals surface area (Å²) in [4.78, 5) is 29.0. The Morgan fingerprint density at radius 2 is 1.77 bits per heavy atom. The van der Waals surface area contributed by atoms with E-state index >= 15 is 0 Å². The second kappa shape index (κ2) is 11.4. The highest BCUT2D eigenvalue weighted by Crippen LogP contribution is 2.38. The molecule has 35 heavy (non-hydrogen) atoms. The van der Waals surface area contributed by atoms with E-state index in [-0.39, 0.29) is 10.1 Å². The van der Waals surface area contributed by atoms with Crippen LogP contribution in [0.15, 0.2) is 42.5 Å². The van der Waals surface area contributed by atoms with E-state index in [0.29, 0.717) is 22.5 Å². The Bertz CT molecular complexity index is 1160. The Balaban J connectivity index is 2.23. The Kier molecular flexibility index (Phi) is 9.05. The first-order chi connectivity index (χ1) is 16.3. The Hall–Kier alpha value is -3.37. The number of amides is 2. The van der Waals surface area contributed by atoms with Crippen LogP contribution in [-0.2, 0) is 9.22 Å². The van der Waals surface area contributed by atoms with Crippen LogP contribution in [0.4, 0.5) is 11.4 Å². The van der Waals surface area contributed by atoms with Gasteiger partial charge in [-0.05, 0) is 61.5 Å². The zero-order valence-electron chi connectivity index (χ0n) is 20.7. The third-order valence-corrected chi connectivity index (χ3v) is 10.9. The maximum Gasteiger partial charge on any atom is 0.269 e. The van der Waals surface area contributed by atoms with Crippen molar-refractivity contribution in [2.45, 2.75) is 58.0 Å². The van der Waals surface area contributed by atoms with Crippen LogP contribution in [0.3, 0.4) is 0 Å². The molecule has 2 aromatic rings. The van der Waals surface area contributed by atoms with Gasteiger partial charge in [-0.3, -0.25) is 20.4 Å². The third kappa shape index (κ3) is 7.30. The molecule has 10 heteroatoms. The summed E-state index contributed by atoms with van der Waals surface area (Å²) in [7, 11) is -2.23. The van der Waals surface area contributed by atoms with Crippen LogP contribution in [0.1, 0.15) is 43.6 Å². The second-order valence-corrected chi connectivity index (χ2v) is 14.8. The molecule has 0 radical (unpaired) electrons. The number of carbonyl (C=O) groups excluding carboxylic acids is 2. The van der Waals surface area contributed by atoms with Crippen LogP contribution in [0.2, 0.25) is 23.2 Å². The molecule has 2 rings (SSSR count). The lowest BCUT2D eigenvalue weighted by Crippen LogP contribution is -2.55. The molecule has 3 N–H and O–H groups in total. The molecular weight excluding hydrogens is 482 g/mol. The summed E-state index contributed by atoms with van der Waals surface area (Å²) in [6.45, 7) is 19.5. The molecule has 8 nitrogen and oxygen atoms in total. The highest BCUT2D eigenvalue weighted by atomic mass is 35.5. The zero-order valence-corrected chi connectivity index (χ0v) is 22.4. The molecule has 0 aliphatic carbocycles. The van der Waals surface area contributed by atoms with E-state index in [4.69, 9.17) is 27.9 Å². The molecular formula is C25H30ClN5O3Si. The normalized spacial score (nSPS) is 13.1. The first-order valence-electron chi connectivity index (χ1n) is 11.0. The first-order valence-corrected chi connectivity index (χ1v) is 14.3. The van der Waals surface area contributed by atoms with Gasteiger partial charge in [0.1, 0.15) is 6.04 Å². The van der Waals surface area contributed by atoms with Crippen molar-refractivity contribution in [1.82, 2.24) is 10.9 Å². The highest BCUT2D eigenvalue weighted by Gasteiger charge is 2.41. The SMILES string of the molecule is [C-]#[N+]c1ccc(N[C@@H](C(=O)NNC(=O)c2ccc(C#N)cc2)[C@H](C)O[Si](C)(C)C(C)(C)C)cc1Cl. The summed E-state index contributed by atoms with van der Waals surface area (Å²) in [5, 5.41) is 12.2. The number of hydrogen-bond acceptors (Lipinski definition) is 5. The van der Waals surface area contributed by atoms with E-state index in [9.17, 15) is 9.59 Å². The van der Waals surface area contributed by atoms with Crippen molar-refractivity contribution in [3.63, 3.8) is 0 Å². The van der Waals surface area contributed by atoms with E-state index in [1.54, 1.807) is 25.1 Å². The molecule has 2 amide bonds. The van der Waals surface area contributed by atoms with Gasteiger partial charge in [-0.1, -0.05) is 38.4 Å². The molecule has 0 heterocycles. The number of benzene rings is 2. The fraction of sp³-hybridized carbons (Fsp3) is 0.360. The minimum absolute atomic E-state index is 0.0767. The Morgan fingerprint density at radius 1 is 1.14 bits per heavy atom. The van der Waals surface area contributed by atoms with Crippen LogP contribution in [0.5, 0.6) is 0 Å². The monoisotopic (exact) mass is 511 g/mol. The van der Waals surface area contributed by atoms with Crippen LogP contribution in [0.25, 0.3) is 4.85 Å². The summed E-state index contributed by atoms with van der Waals surface area (Å²) in [5.74, 6) is -1.03. The van der Waals surface area contributed by atoms with Crippen molar-refractivity contribution in [3.8, 4) is 6.07 Å². The predicted octanol–water partition coefficient (Wildman–Crippen LogP) is 5.41. The van der Waals surface area contributed by atoms with Gasteiger partial charge >= 0.3 is 0 Å². The van der Waals surface area contributed by atoms with Crippen molar-refractivity contribution in [2.75, 3.05) is 5.32 Å². The van der Waals surface area contributed by atoms with Crippen LogP contribution in [0, 0.1) is 17.9 Å². The molecule has 0 spiro atoms. The lowest BCUT2D eigenvalue weighted by Gasteiger charge is -2.40. The van der Waals surface area contributed by atoms with Crippen molar-refractivity contribution in [3.05, 3.63) is 70.0 Å². The lowest BCUT2D eigenvalue weighted by molar-refractivity contribution is -0.124. The fourth-order valence-corrected chi connectivity index (χ4v) is 4.58. The van der Waals surface area contributed by atoms with E-state index in [1.165, 1.54) is 24.3 Å². The second-order valence-electron chi connectivity index (χ2n) is 9.62. The first kappa shape index (κ1) is 27.9. The summed E-state index contributed by atoms with van der Waals surface area (Å²) in [6.07, 6.45) is -0.554. The smallest absolute Gasteiger partial charge is 0.269 e. The number of carbonyl (C=O) groups is 2. The van der Waals surface area contributed by atoms with Gasteiger partial charge in [0, 0.05) is 16.3 Å². The molecule has 0 saturated carbocycles. The van der Waals surface area contributed by atoms with E-state index in [1.807, 2.05) is 6.07 Å². The van der Waals surface area contributed by atoms with Crippen molar-refractivity contribution < 1.29 is 14.0 Å². The molecule has 0 aromatic heterocycles. The number of anilines is 1. The largest absolute Gasteiger partial charge is 0.412 e. The quantitative estimate of drug-likeness (QED) is 0.261. The molecule has 0 aliphatic heterocycles. The molecule has 0 saturated heterocycles. The maximum absolute atomic E-state index is 13.2. The van der Waals surface area contributed by atoms with Crippen molar-refractivity contribution >= 4 is 43.1 Å². The molecule has 0 bridgehead atoms. The van der Waals surface area contributed by atoms with Gasteiger partial charge in [0.05, 0.1) is 24.3 Å². The molecule has 184 valence electrons. The van der Waals surface area contributed by atoms with Gasteiger partial charge in [-0.15, -0.1) is 0 Å². The average molecular weight is 512 g/mol. The standard InChI is InChI=1S/C25H30ClN5O3Si/c1-16(34-35(6,7)25(2,3)4)22(29-19-12-13-21(28-5)20(26)14-19)24(33)31-30-23(32)18-10-8-17(15-27)9-11-18/h8-14,16,22,29H,1-4,6-7H3,(H,30,32)(H,31,33)/t16-,22+/m0/s1.